The van der Waals surface area contributed by atoms with Crippen molar-refractivity contribution in [3.63, 3.8) is 0 Å². The topological polar surface area (TPSA) is 90.0 Å². The Morgan fingerprint density at radius 1 is 0.879 bits per heavy atom. The van der Waals surface area contributed by atoms with Gasteiger partial charge in [0, 0.05) is 12.6 Å². The summed E-state index contributed by atoms with van der Waals surface area (Å²) in [7, 11) is -2.27. The molecule has 7 nitrogen and oxygen atoms in total. The van der Waals surface area contributed by atoms with Crippen LogP contribution in [0.25, 0.3) is 0 Å². The largest absolute Gasteiger partial charge is 0.482 e. The third-order valence-electron chi connectivity index (χ3n) is 5.17. The highest BCUT2D eigenvalue weighted by molar-refractivity contribution is 7.92. The minimum absolute atomic E-state index is 0.104. The predicted octanol–water partition coefficient (Wildman–Crippen LogP) is 4.32. The SMILES string of the molecule is CC(=O)c1cccc(OCC(=O)Oc2ccc(N(C)S(=O)(=O)c3ccc(C)c(C)c3)cc2)c1. The summed E-state index contributed by atoms with van der Waals surface area (Å²) >= 11 is 0. The van der Waals surface area contributed by atoms with Gasteiger partial charge in [-0.05, 0) is 80.4 Å². The number of benzene rings is 3. The van der Waals surface area contributed by atoms with Crippen molar-refractivity contribution in [2.24, 2.45) is 0 Å². The molecule has 0 saturated carbocycles. The zero-order valence-corrected chi connectivity index (χ0v) is 19.7. The molecule has 33 heavy (non-hydrogen) atoms. The average molecular weight is 468 g/mol. The van der Waals surface area contributed by atoms with E-state index in [2.05, 4.69) is 0 Å². The van der Waals surface area contributed by atoms with Crippen molar-refractivity contribution in [3.05, 3.63) is 83.4 Å². The van der Waals surface area contributed by atoms with Crippen molar-refractivity contribution in [1.29, 1.82) is 0 Å². The summed E-state index contributed by atoms with van der Waals surface area (Å²) < 4.78 is 37.7. The molecule has 0 aliphatic heterocycles. The van der Waals surface area contributed by atoms with Crippen LogP contribution in [0.4, 0.5) is 5.69 Å². The Labute approximate surface area is 193 Å². The lowest BCUT2D eigenvalue weighted by Gasteiger charge is -2.20. The van der Waals surface area contributed by atoms with Gasteiger partial charge in [0.05, 0.1) is 10.6 Å². The van der Waals surface area contributed by atoms with E-state index in [0.29, 0.717) is 17.0 Å². The first-order valence-electron chi connectivity index (χ1n) is 10.2. The van der Waals surface area contributed by atoms with Crippen LogP contribution >= 0.6 is 0 Å². The first kappa shape index (κ1) is 24.0. The molecule has 0 heterocycles. The second kappa shape index (κ2) is 9.87. The van der Waals surface area contributed by atoms with Gasteiger partial charge in [-0.3, -0.25) is 9.10 Å². The number of hydrogen-bond donors (Lipinski definition) is 0. The lowest BCUT2D eigenvalue weighted by atomic mass is 10.1. The second-order valence-corrected chi connectivity index (χ2v) is 9.53. The number of sulfonamides is 1. The number of hydrogen-bond acceptors (Lipinski definition) is 6. The fourth-order valence-electron chi connectivity index (χ4n) is 3.00. The molecule has 0 aromatic heterocycles. The van der Waals surface area contributed by atoms with Crippen molar-refractivity contribution in [1.82, 2.24) is 0 Å². The number of aryl methyl sites for hydroxylation is 2. The van der Waals surface area contributed by atoms with Crippen LogP contribution in [0.5, 0.6) is 11.5 Å². The molecule has 0 saturated heterocycles. The molecule has 8 heteroatoms. The maximum Gasteiger partial charge on any atom is 0.349 e. The van der Waals surface area contributed by atoms with Crippen molar-refractivity contribution >= 4 is 27.5 Å². The molecule has 0 atom stereocenters. The van der Waals surface area contributed by atoms with Crippen LogP contribution < -0.4 is 13.8 Å². The van der Waals surface area contributed by atoms with Crippen LogP contribution in [0.3, 0.4) is 0 Å². The van der Waals surface area contributed by atoms with Gasteiger partial charge in [-0.2, -0.15) is 0 Å². The van der Waals surface area contributed by atoms with Crippen LogP contribution in [-0.2, 0) is 14.8 Å². The maximum atomic E-state index is 12.9. The molecule has 3 aromatic rings. The van der Waals surface area contributed by atoms with Crippen molar-refractivity contribution < 1.29 is 27.5 Å². The van der Waals surface area contributed by atoms with Gasteiger partial charge in [-0.15, -0.1) is 0 Å². The van der Waals surface area contributed by atoms with E-state index in [0.717, 1.165) is 11.1 Å². The molecule has 0 radical (unpaired) electrons. The van der Waals surface area contributed by atoms with Crippen LogP contribution in [-0.4, -0.2) is 33.8 Å². The van der Waals surface area contributed by atoms with Gasteiger partial charge in [-0.1, -0.05) is 18.2 Å². The summed E-state index contributed by atoms with van der Waals surface area (Å²) in [5.41, 5.74) is 2.81. The van der Waals surface area contributed by atoms with Crippen LogP contribution in [0, 0.1) is 13.8 Å². The first-order valence-corrected chi connectivity index (χ1v) is 11.6. The van der Waals surface area contributed by atoms with E-state index in [1.807, 2.05) is 13.8 Å². The molecular weight excluding hydrogens is 442 g/mol. The monoisotopic (exact) mass is 467 g/mol. The Morgan fingerprint density at radius 2 is 1.58 bits per heavy atom. The predicted molar refractivity (Wildman–Crippen MR) is 126 cm³/mol. The van der Waals surface area contributed by atoms with Gasteiger partial charge in [0.2, 0.25) is 0 Å². The van der Waals surface area contributed by atoms with Crippen molar-refractivity contribution in [2.45, 2.75) is 25.7 Å². The summed E-state index contributed by atoms with van der Waals surface area (Å²) in [5, 5.41) is 0. The van der Waals surface area contributed by atoms with Gasteiger partial charge in [0.25, 0.3) is 10.0 Å². The van der Waals surface area contributed by atoms with Gasteiger partial charge >= 0.3 is 5.97 Å². The van der Waals surface area contributed by atoms with E-state index in [1.165, 1.54) is 30.4 Å². The molecule has 3 aromatic carbocycles. The molecule has 0 unspecified atom stereocenters. The quantitative estimate of drug-likeness (QED) is 0.279. The molecule has 0 aliphatic rings. The highest BCUT2D eigenvalue weighted by Crippen LogP contribution is 2.25. The van der Waals surface area contributed by atoms with E-state index in [9.17, 15) is 18.0 Å². The third-order valence-corrected chi connectivity index (χ3v) is 6.95. The van der Waals surface area contributed by atoms with Crippen molar-refractivity contribution in [2.75, 3.05) is 18.0 Å². The second-order valence-electron chi connectivity index (χ2n) is 7.56. The Hall–Kier alpha value is -3.65. The number of Topliss-reactive ketones (excluding diaryl/α,β-unsaturated/α-hetero) is 1. The number of carbonyl (C=O) groups is 2. The summed E-state index contributed by atoms with van der Waals surface area (Å²) in [6.45, 7) is 4.89. The Bertz CT molecular complexity index is 1280. The first-order chi connectivity index (χ1) is 15.6. The molecule has 0 bridgehead atoms. The average Bonchev–Trinajstić information content (AvgIpc) is 2.79. The molecule has 0 aliphatic carbocycles. The van der Waals surface area contributed by atoms with E-state index >= 15 is 0 Å². The molecular formula is C25H25NO6S. The maximum absolute atomic E-state index is 12.9. The highest BCUT2D eigenvalue weighted by atomic mass is 32.2. The smallest absolute Gasteiger partial charge is 0.349 e. The fourth-order valence-corrected chi connectivity index (χ4v) is 4.28. The Kier molecular flexibility index (Phi) is 7.18. The van der Waals surface area contributed by atoms with Gasteiger partial charge < -0.3 is 9.47 Å². The Morgan fingerprint density at radius 3 is 2.21 bits per heavy atom. The van der Waals surface area contributed by atoms with Crippen LogP contribution in [0.2, 0.25) is 0 Å². The number of nitrogens with zero attached hydrogens (tertiary/aromatic N) is 1. The van der Waals surface area contributed by atoms with E-state index < -0.39 is 16.0 Å². The van der Waals surface area contributed by atoms with Gasteiger partial charge in [0.15, 0.2) is 12.4 Å². The third kappa shape index (κ3) is 5.78. The van der Waals surface area contributed by atoms with Crippen LogP contribution in [0.1, 0.15) is 28.4 Å². The van der Waals surface area contributed by atoms with Crippen LogP contribution in [0.15, 0.2) is 71.6 Å². The number of carbonyl (C=O) groups excluding carboxylic acids is 2. The summed E-state index contributed by atoms with van der Waals surface area (Å²) in [4.78, 5) is 23.7. The van der Waals surface area contributed by atoms with E-state index in [4.69, 9.17) is 9.47 Å². The van der Waals surface area contributed by atoms with E-state index in [1.54, 1.807) is 54.6 Å². The molecule has 0 N–H and O–H groups in total. The Balaban J connectivity index is 1.63. The standard InChI is InChI=1S/C25H25NO6S/c1-17-8-13-24(14-18(17)2)33(29,30)26(4)21-9-11-22(12-10-21)32-25(28)16-31-23-7-5-6-20(15-23)19(3)27/h5-15H,16H2,1-4H3. The lowest BCUT2D eigenvalue weighted by Crippen LogP contribution is -2.26. The van der Waals surface area contributed by atoms with Gasteiger partial charge in [-0.25, -0.2) is 13.2 Å². The molecule has 3 rings (SSSR count). The molecule has 172 valence electrons. The molecule has 0 amide bonds. The van der Waals surface area contributed by atoms with Crippen molar-refractivity contribution in [3.8, 4) is 11.5 Å². The van der Waals surface area contributed by atoms with E-state index in [-0.39, 0.29) is 23.0 Å². The summed E-state index contributed by atoms with van der Waals surface area (Å²) in [5.74, 6) is -0.102. The zero-order chi connectivity index (χ0) is 24.2. The minimum atomic E-state index is -3.73. The normalized spacial score (nSPS) is 11.0. The lowest BCUT2D eigenvalue weighted by molar-refractivity contribution is -0.136. The number of ketones is 1. The summed E-state index contributed by atoms with van der Waals surface area (Å²) in [6.07, 6.45) is 0. The molecule has 0 spiro atoms. The fraction of sp³-hybridized carbons (Fsp3) is 0.200. The number of esters is 1. The number of anilines is 1. The zero-order valence-electron chi connectivity index (χ0n) is 18.9. The number of ether oxygens (including phenoxy) is 2. The highest BCUT2D eigenvalue weighted by Gasteiger charge is 2.22. The summed E-state index contributed by atoms with van der Waals surface area (Å²) in [6, 6.07) is 17.6. The number of rotatable bonds is 8. The minimum Gasteiger partial charge on any atom is -0.482 e. The van der Waals surface area contributed by atoms with Gasteiger partial charge in [0.1, 0.15) is 11.5 Å². The molecule has 0 fully saturated rings.